The van der Waals surface area contributed by atoms with Gasteiger partial charge in [0.2, 0.25) is 5.82 Å². The van der Waals surface area contributed by atoms with Gasteiger partial charge < -0.3 is 10.4 Å². The molecule has 1 amide bonds. The first kappa shape index (κ1) is 12.6. The molecule has 0 spiro atoms. The molecule has 2 N–H and O–H groups in total. The third kappa shape index (κ3) is 3.23. The maximum atomic E-state index is 13.1. The van der Waals surface area contributed by atoms with Crippen molar-refractivity contribution in [1.82, 2.24) is 5.32 Å². The van der Waals surface area contributed by atoms with E-state index in [-0.39, 0.29) is 5.56 Å². The van der Waals surface area contributed by atoms with Crippen molar-refractivity contribution in [3.8, 4) is 0 Å². The molecule has 0 saturated carbocycles. The van der Waals surface area contributed by atoms with Gasteiger partial charge in [-0.3, -0.25) is 19.7 Å². The van der Waals surface area contributed by atoms with Crippen LogP contribution in [0.4, 0.5) is 10.1 Å². The van der Waals surface area contributed by atoms with Crippen molar-refractivity contribution in [2.24, 2.45) is 0 Å². The molecule has 0 aromatic heterocycles. The lowest BCUT2D eigenvalue weighted by atomic mass is 10.2. The summed E-state index contributed by atoms with van der Waals surface area (Å²) in [5, 5.41) is 20.6. The van der Waals surface area contributed by atoms with Crippen molar-refractivity contribution >= 4 is 17.6 Å². The fourth-order valence-corrected chi connectivity index (χ4v) is 1.05. The van der Waals surface area contributed by atoms with Gasteiger partial charge in [-0.1, -0.05) is 0 Å². The van der Waals surface area contributed by atoms with Crippen LogP contribution in [-0.2, 0) is 4.79 Å². The van der Waals surface area contributed by atoms with Crippen LogP contribution in [0.1, 0.15) is 10.4 Å². The predicted octanol–water partition coefficient (Wildman–Crippen LogP) is 0.548. The van der Waals surface area contributed by atoms with Crippen LogP contribution in [0.5, 0.6) is 0 Å². The van der Waals surface area contributed by atoms with Crippen LogP contribution in [0, 0.1) is 15.9 Å². The van der Waals surface area contributed by atoms with E-state index < -0.39 is 34.8 Å². The predicted molar refractivity (Wildman–Crippen MR) is 53.0 cm³/mol. The molecule has 1 aromatic rings. The average molecular weight is 242 g/mol. The van der Waals surface area contributed by atoms with Crippen LogP contribution >= 0.6 is 0 Å². The number of carbonyl (C=O) groups is 2. The Bertz CT molecular complexity index is 488. The summed E-state index contributed by atoms with van der Waals surface area (Å²) in [7, 11) is 0. The van der Waals surface area contributed by atoms with E-state index in [1.165, 1.54) is 0 Å². The summed E-state index contributed by atoms with van der Waals surface area (Å²) < 4.78 is 13.1. The first-order valence-corrected chi connectivity index (χ1v) is 4.35. The van der Waals surface area contributed by atoms with Crippen molar-refractivity contribution < 1.29 is 24.0 Å². The quantitative estimate of drug-likeness (QED) is 0.591. The minimum absolute atomic E-state index is 0.186. The minimum Gasteiger partial charge on any atom is -0.480 e. The number of benzene rings is 1. The Morgan fingerprint density at radius 3 is 2.59 bits per heavy atom. The van der Waals surface area contributed by atoms with Gasteiger partial charge in [-0.2, -0.15) is 4.39 Å². The molecular weight excluding hydrogens is 235 g/mol. The van der Waals surface area contributed by atoms with Crippen LogP contribution in [0.2, 0.25) is 0 Å². The molecule has 0 aliphatic carbocycles. The Balaban J connectivity index is 2.86. The smallest absolute Gasteiger partial charge is 0.322 e. The molecule has 0 heterocycles. The molecule has 7 nitrogen and oxygen atoms in total. The second-order valence-corrected chi connectivity index (χ2v) is 3.00. The van der Waals surface area contributed by atoms with E-state index >= 15 is 0 Å². The summed E-state index contributed by atoms with van der Waals surface area (Å²) in [6.45, 7) is -0.614. The third-order valence-electron chi connectivity index (χ3n) is 1.81. The monoisotopic (exact) mass is 242 g/mol. The van der Waals surface area contributed by atoms with Crippen molar-refractivity contribution in [3.63, 3.8) is 0 Å². The highest BCUT2D eigenvalue weighted by atomic mass is 19.1. The highest BCUT2D eigenvalue weighted by Crippen LogP contribution is 2.17. The Hall–Kier alpha value is -2.51. The molecule has 8 heteroatoms. The zero-order chi connectivity index (χ0) is 13.0. The Morgan fingerprint density at radius 1 is 1.47 bits per heavy atom. The molecule has 0 aliphatic heterocycles. The summed E-state index contributed by atoms with van der Waals surface area (Å²) in [6.07, 6.45) is 0. The number of amides is 1. The molecule has 0 bridgehead atoms. The largest absolute Gasteiger partial charge is 0.480 e. The summed E-state index contributed by atoms with van der Waals surface area (Å²) in [4.78, 5) is 30.8. The zero-order valence-electron chi connectivity index (χ0n) is 8.34. The zero-order valence-corrected chi connectivity index (χ0v) is 8.34. The molecule has 0 aliphatic rings. The van der Waals surface area contributed by atoms with Gasteiger partial charge >= 0.3 is 11.7 Å². The Labute approximate surface area is 94.0 Å². The average Bonchev–Trinajstić information content (AvgIpc) is 2.25. The number of aliphatic carboxylic acids is 1. The molecule has 0 radical (unpaired) electrons. The number of nitro benzene ring substituents is 1. The van der Waals surface area contributed by atoms with Gasteiger partial charge in [-0.15, -0.1) is 0 Å². The summed E-state index contributed by atoms with van der Waals surface area (Å²) in [6, 6.07) is 2.55. The molecule has 0 atom stereocenters. The summed E-state index contributed by atoms with van der Waals surface area (Å²) in [5.74, 6) is -3.22. The van der Waals surface area contributed by atoms with E-state index in [4.69, 9.17) is 5.11 Å². The fraction of sp³-hybridized carbons (Fsp3) is 0.111. The normalized spacial score (nSPS) is 9.71. The maximum absolute atomic E-state index is 13.1. The molecule has 1 aromatic carbocycles. The molecular formula is C9H7FN2O5. The molecule has 1 rings (SSSR count). The van der Waals surface area contributed by atoms with Crippen LogP contribution in [0.25, 0.3) is 0 Å². The second kappa shape index (κ2) is 5.01. The highest BCUT2D eigenvalue weighted by molar-refractivity contribution is 5.95. The van der Waals surface area contributed by atoms with Crippen molar-refractivity contribution in [2.45, 2.75) is 0 Å². The lowest BCUT2D eigenvalue weighted by Gasteiger charge is -2.02. The van der Waals surface area contributed by atoms with Crippen molar-refractivity contribution in [1.29, 1.82) is 0 Å². The second-order valence-electron chi connectivity index (χ2n) is 3.00. The number of carbonyl (C=O) groups excluding carboxylic acids is 1. The molecule has 90 valence electrons. The molecule has 0 unspecified atom stereocenters. The number of nitro groups is 1. The van der Waals surface area contributed by atoms with E-state index in [1.54, 1.807) is 0 Å². The first-order valence-electron chi connectivity index (χ1n) is 4.35. The number of rotatable bonds is 4. The SMILES string of the molecule is O=C(O)CNC(=O)c1ccc([N+](=O)[O-])c(F)c1. The minimum atomic E-state index is -1.25. The fourth-order valence-electron chi connectivity index (χ4n) is 1.05. The highest BCUT2D eigenvalue weighted by Gasteiger charge is 2.16. The van der Waals surface area contributed by atoms with E-state index in [1.807, 2.05) is 5.32 Å². The number of halogens is 1. The number of carboxylic acids is 1. The van der Waals surface area contributed by atoms with Gasteiger partial charge in [0.1, 0.15) is 6.54 Å². The van der Waals surface area contributed by atoms with Crippen molar-refractivity contribution in [3.05, 3.63) is 39.7 Å². The molecule has 17 heavy (non-hydrogen) atoms. The topological polar surface area (TPSA) is 110 Å². The number of hydrogen-bond donors (Lipinski definition) is 2. The van der Waals surface area contributed by atoms with Gasteiger partial charge in [0.25, 0.3) is 5.91 Å². The van der Waals surface area contributed by atoms with Crippen LogP contribution < -0.4 is 5.32 Å². The third-order valence-corrected chi connectivity index (χ3v) is 1.81. The van der Waals surface area contributed by atoms with Gasteiger partial charge in [0.05, 0.1) is 4.92 Å². The molecule has 0 saturated heterocycles. The lowest BCUT2D eigenvalue weighted by molar-refractivity contribution is -0.387. The van der Waals surface area contributed by atoms with Crippen LogP contribution in [0.3, 0.4) is 0 Å². The Kier molecular flexibility index (Phi) is 3.70. The van der Waals surface area contributed by atoms with Gasteiger partial charge in [-0.05, 0) is 12.1 Å². The van der Waals surface area contributed by atoms with Gasteiger partial charge in [0.15, 0.2) is 0 Å². The van der Waals surface area contributed by atoms with Crippen LogP contribution in [-0.4, -0.2) is 28.5 Å². The van der Waals surface area contributed by atoms with Crippen molar-refractivity contribution in [2.75, 3.05) is 6.54 Å². The lowest BCUT2D eigenvalue weighted by Crippen LogP contribution is -2.29. The summed E-state index contributed by atoms with van der Waals surface area (Å²) >= 11 is 0. The van der Waals surface area contributed by atoms with Crippen LogP contribution in [0.15, 0.2) is 18.2 Å². The molecule has 0 fully saturated rings. The maximum Gasteiger partial charge on any atom is 0.322 e. The number of nitrogens with zero attached hydrogens (tertiary/aromatic N) is 1. The van der Waals surface area contributed by atoms with E-state index in [2.05, 4.69) is 0 Å². The number of hydrogen-bond acceptors (Lipinski definition) is 4. The van der Waals surface area contributed by atoms with E-state index in [0.29, 0.717) is 6.07 Å². The van der Waals surface area contributed by atoms with Gasteiger partial charge in [0, 0.05) is 11.6 Å². The number of nitrogens with one attached hydrogen (secondary N) is 1. The standard InChI is InChI=1S/C9H7FN2O5/c10-6-3-5(1-2-7(6)12(16)17)9(15)11-4-8(13)14/h1-3H,4H2,(H,11,15)(H,13,14). The summed E-state index contributed by atoms with van der Waals surface area (Å²) in [5.41, 5.74) is -0.936. The first-order chi connectivity index (χ1) is 7.91. The van der Waals surface area contributed by atoms with E-state index in [9.17, 15) is 24.1 Å². The Morgan fingerprint density at radius 2 is 2.12 bits per heavy atom. The van der Waals surface area contributed by atoms with E-state index in [0.717, 1.165) is 12.1 Å². The number of carboxylic acid groups (broad SMARTS) is 1. The van der Waals surface area contributed by atoms with Gasteiger partial charge in [-0.25, -0.2) is 0 Å².